The van der Waals surface area contributed by atoms with Gasteiger partial charge in [-0.15, -0.1) is 0 Å². The molecule has 2 aromatic carbocycles. The van der Waals surface area contributed by atoms with Gasteiger partial charge in [-0.05, 0) is 50.1 Å². The maximum atomic E-state index is 14.0. The Kier molecular flexibility index (Phi) is 7.21. The number of hydrogen-bond acceptors (Lipinski definition) is 7. The average Bonchev–Trinajstić information content (AvgIpc) is 3.64. The van der Waals surface area contributed by atoms with Crippen LogP contribution in [0, 0.1) is 17.7 Å². The van der Waals surface area contributed by atoms with Crippen LogP contribution >= 0.6 is 0 Å². The van der Waals surface area contributed by atoms with Gasteiger partial charge in [0.05, 0.1) is 36.6 Å². The number of ether oxygens (including phenoxy) is 3. The van der Waals surface area contributed by atoms with Crippen molar-refractivity contribution in [2.24, 2.45) is 11.8 Å². The SMILES string of the molecule is COc1cc(S(=O)(=O)N2C[C@H]([C@@H]3C[C@@H]3C(=O)O)Oc3ccc(CC(=O)OC(C)(C)C(F)(F)F)cc32)ccc1F. The van der Waals surface area contributed by atoms with Crippen molar-refractivity contribution < 1.29 is 54.9 Å². The van der Waals surface area contributed by atoms with E-state index in [1.54, 1.807) is 0 Å². The third-order valence-electron chi connectivity index (χ3n) is 6.66. The maximum Gasteiger partial charge on any atom is 0.427 e. The summed E-state index contributed by atoms with van der Waals surface area (Å²) in [6.45, 7) is 1.12. The second kappa shape index (κ2) is 9.88. The highest BCUT2D eigenvalue weighted by Crippen LogP contribution is 2.48. The topological polar surface area (TPSA) is 119 Å². The number of fused-ring (bicyclic) bond motifs is 1. The number of esters is 1. The first-order valence-electron chi connectivity index (χ1n) is 11.7. The first-order chi connectivity index (χ1) is 18.0. The van der Waals surface area contributed by atoms with E-state index in [0.29, 0.717) is 13.8 Å². The largest absolute Gasteiger partial charge is 0.494 e. The zero-order valence-electron chi connectivity index (χ0n) is 21.0. The van der Waals surface area contributed by atoms with Gasteiger partial charge in [-0.1, -0.05) is 6.07 Å². The molecule has 212 valence electrons. The molecule has 1 heterocycles. The van der Waals surface area contributed by atoms with Crippen LogP contribution in [0.1, 0.15) is 25.8 Å². The van der Waals surface area contributed by atoms with E-state index in [1.807, 2.05) is 0 Å². The molecule has 0 unspecified atom stereocenters. The molecule has 0 radical (unpaired) electrons. The predicted molar refractivity (Wildman–Crippen MR) is 128 cm³/mol. The molecule has 1 saturated carbocycles. The van der Waals surface area contributed by atoms with E-state index in [1.165, 1.54) is 25.3 Å². The molecule has 0 amide bonds. The first-order valence-corrected chi connectivity index (χ1v) is 13.2. The maximum absolute atomic E-state index is 14.0. The number of rotatable bonds is 8. The fraction of sp³-hybridized carbons (Fsp3) is 0.440. The Morgan fingerprint density at radius 3 is 2.44 bits per heavy atom. The normalized spacial score (nSPS) is 21.0. The minimum Gasteiger partial charge on any atom is -0.494 e. The second-order valence-electron chi connectivity index (χ2n) is 9.79. The second-order valence-corrected chi connectivity index (χ2v) is 11.7. The summed E-state index contributed by atoms with van der Waals surface area (Å²) in [7, 11) is -3.23. The molecule has 1 N–H and O–H groups in total. The van der Waals surface area contributed by atoms with Gasteiger partial charge in [0.25, 0.3) is 10.0 Å². The minimum absolute atomic E-state index is 0.0255. The van der Waals surface area contributed by atoms with Crippen molar-refractivity contribution in [3.05, 3.63) is 47.8 Å². The van der Waals surface area contributed by atoms with Gasteiger partial charge < -0.3 is 19.3 Å². The third kappa shape index (κ3) is 5.60. The van der Waals surface area contributed by atoms with Crippen LogP contribution in [0.2, 0.25) is 0 Å². The smallest absolute Gasteiger partial charge is 0.427 e. The number of sulfonamides is 1. The summed E-state index contributed by atoms with van der Waals surface area (Å²) in [6.07, 6.45) is -5.94. The summed E-state index contributed by atoms with van der Waals surface area (Å²) in [4.78, 5) is 23.4. The molecular formula is C25H25F4NO8S. The van der Waals surface area contributed by atoms with Crippen LogP contribution in [0.15, 0.2) is 41.3 Å². The highest BCUT2D eigenvalue weighted by Gasteiger charge is 2.52. The Bertz CT molecular complexity index is 1410. The van der Waals surface area contributed by atoms with Gasteiger partial charge in [-0.2, -0.15) is 13.2 Å². The Balaban J connectivity index is 1.69. The molecule has 1 aliphatic carbocycles. The predicted octanol–water partition coefficient (Wildman–Crippen LogP) is 3.94. The van der Waals surface area contributed by atoms with Gasteiger partial charge >= 0.3 is 18.1 Å². The number of carbonyl (C=O) groups excluding carboxylic acids is 1. The third-order valence-corrected chi connectivity index (χ3v) is 8.44. The van der Waals surface area contributed by atoms with Gasteiger partial charge in [0, 0.05) is 12.0 Å². The number of anilines is 1. The minimum atomic E-state index is -4.81. The number of hydrogen-bond donors (Lipinski definition) is 1. The Labute approximate surface area is 221 Å². The van der Waals surface area contributed by atoms with Crippen LogP contribution in [0.3, 0.4) is 0 Å². The average molecular weight is 576 g/mol. The van der Waals surface area contributed by atoms with Crippen molar-refractivity contribution >= 4 is 27.6 Å². The number of aliphatic carboxylic acids is 1. The van der Waals surface area contributed by atoms with Crippen molar-refractivity contribution in [3.63, 3.8) is 0 Å². The highest BCUT2D eigenvalue weighted by molar-refractivity contribution is 7.92. The molecule has 2 aliphatic rings. The summed E-state index contributed by atoms with van der Waals surface area (Å²) >= 11 is 0. The summed E-state index contributed by atoms with van der Waals surface area (Å²) < 4.78 is 97.2. The highest BCUT2D eigenvalue weighted by atomic mass is 32.2. The molecule has 3 atom stereocenters. The number of alkyl halides is 3. The van der Waals surface area contributed by atoms with E-state index in [-0.39, 0.29) is 40.6 Å². The monoisotopic (exact) mass is 575 g/mol. The number of methoxy groups -OCH3 is 1. The molecule has 0 aromatic heterocycles. The molecule has 0 bridgehead atoms. The van der Waals surface area contributed by atoms with Crippen molar-refractivity contribution in [1.29, 1.82) is 0 Å². The molecular weight excluding hydrogens is 550 g/mol. The van der Waals surface area contributed by atoms with Crippen LogP contribution in [-0.4, -0.2) is 57.0 Å². The molecule has 14 heteroatoms. The van der Waals surface area contributed by atoms with E-state index < -0.39 is 63.9 Å². The molecule has 9 nitrogen and oxygen atoms in total. The fourth-order valence-electron chi connectivity index (χ4n) is 4.26. The van der Waals surface area contributed by atoms with Gasteiger partial charge in [0.15, 0.2) is 11.6 Å². The van der Waals surface area contributed by atoms with E-state index >= 15 is 0 Å². The van der Waals surface area contributed by atoms with Crippen LogP contribution in [0.5, 0.6) is 11.5 Å². The van der Waals surface area contributed by atoms with Crippen LogP contribution in [0.4, 0.5) is 23.2 Å². The lowest BCUT2D eigenvalue weighted by Crippen LogP contribution is -2.45. The zero-order valence-corrected chi connectivity index (χ0v) is 21.8. The summed E-state index contributed by atoms with van der Waals surface area (Å²) in [5.74, 6) is -4.45. The Morgan fingerprint density at radius 2 is 1.85 bits per heavy atom. The number of nitrogens with zero attached hydrogens (tertiary/aromatic N) is 1. The fourth-order valence-corrected chi connectivity index (χ4v) is 5.76. The molecule has 0 spiro atoms. The number of carboxylic acid groups (broad SMARTS) is 1. The van der Waals surface area contributed by atoms with Crippen molar-refractivity contribution in [3.8, 4) is 11.5 Å². The molecule has 1 fully saturated rings. The zero-order chi connectivity index (χ0) is 28.9. The Hall–Kier alpha value is -3.55. The number of carboxylic acids is 1. The summed E-state index contributed by atoms with van der Waals surface area (Å²) in [5.41, 5.74) is -2.62. The van der Waals surface area contributed by atoms with Gasteiger partial charge in [-0.3, -0.25) is 13.9 Å². The number of benzene rings is 2. The number of halogens is 4. The van der Waals surface area contributed by atoms with E-state index in [2.05, 4.69) is 4.74 Å². The van der Waals surface area contributed by atoms with E-state index in [9.17, 15) is 40.7 Å². The quantitative estimate of drug-likeness (QED) is 0.372. The van der Waals surface area contributed by atoms with Crippen molar-refractivity contribution in [1.82, 2.24) is 0 Å². The van der Waals surface area contributed by atoms with Gasteiger partial charge in [0.2, 0.25) is 5.60 Å². The molecule has 39 heavy (non-hydrogen) atoms. The first kappa shape index (κ1) is 28.5. The van der Waals surface area contributed by atoms with Gasteiger partial charge in [-0.25, -0.2) is 12.8 Å². The lowest BCUT2D eigenvalue weighted by atomic mass is 10.1. The summed E-state index contributed by atoms with van der Waals surface area (Å²) in [5, 5.41) is 9.34. The lowest BCUT2D eigenvalue weighted by molar-refractivity contribution is -0.257. The van der Waals surface area contributed by atoms with Crippen molar-refractivity contribution in [2.45, 2.75) is 49.5 Å². The van der Waals surface area contributed by atoms with Crippen molar-refractivity contribution in [2.75, 3.05) is 18.0 Å². The molecule has 4 rings (SSSR count). The number of carbonyl (C=O) groups is 2. The van der Waals surface area contributed by atoms with Crippen LogP contribution in [-0.2, 0) is 30.8 Å². The molecule has 0 saturated heterocycles. The molecule has 1 aliphatic heterocycles. The molecule has 2 aromatic rings. The van der Waals surface area contributed by atoms with Crippen LogP contribution < -0.4 is 13.8 Å². The van der Waals surface area contributed by atoms with E-state index in [4.69, 9.17) is 9.47 Å². The summed E-state index contributed by atoms with van der Waals surface area (Å²) in [6, 6.07) is 6.94. The van der Waals surface area contributed by atoms with Gasteiger partial charge in [0.1, 0.15) is 11.9 Å². The van der Waals surface area contributed by atoms with E-state index in [0.717, 1.165) is 22.5 Å². The van der Waals surface area contributed by atoms with Crippen LogP contribution in [0.25, 0.3) is 0 Å². The standard InChI is InChI=1S/C25H25F4NO8S/c1-24(2,25(27,28)29)38-22(31)9-13-4-7-19-18(8-13)30(12-21(37-19)15-11-16(15)23(32)33)39(34,35)14-5-6-17(26)20(10-14)36-3/h4-8,10,15-16,21H,9,11-12H2,1-3H3,(H,32,33)/t15-,16+,21-/m1/s1. The Morgan fingerprint density at radius 1 is 1.15 bits per heavy atom. The lowest BCUT2D eigenvalue weighted by Gasteiger charge is -2.36.